The lowest BCUT2D eigenvalue weighted by Crippen LogP contribution is -2.35. The average molecular weight is 337 g/mol. The van der Waals surface area contributed by atoms with Gasteiger partial charge in [0.05, 0.1) is 13.2 Å². The maximum atomic E-state index is 11.9. The molecule has 5 heteroatoms. The van der Waals surface area contributed by atoms with E-state index < -0.39 is 0 Å². The Balaban J connectivity index is 1.76. The number of carbonyl (C=O) groups is 1. The summed E-state index contributed by atoms with van der Waals surface area (Å²) in [7, 11) is 1.67. The zero-order valence-corrected chi connectivity index (χ0v) is 14.3. The van der Waals surface area contributed by atoms with Crippen LogP contribution in [0.1, 0.15) is 11.1 Å². The number of methoxy groups -OCH3 is 1. The Morgan fingerprint density at radius 1 is 1.04 bits per heavy atom. The van der Waals surface area contributed by atoms with Gasteiger partial charge in [-0.05, 0) is 23.8 Å². The molecular formula is C20H23N3O2. The third-order valence-corrected chi connectivity index (χ3v) is 3.42. The normalized spacial score (nSPS) is 9.64. The molecule has 130 valence electrons. The van der Waals surface area contributed by atoms with Gasteiger partial charge in [0, 0.05) is 31.5 Å². The fourth-order valence-electron chi connectivity index (χ4n) is 2.16. The highest BCUT2D eigenvalue weighted by Gasteiger charge is 2.03. The number of para-hydroxylation sites is 1. The van der Waals surface area contributed by atoms with E-state index in [1.807, 2.05) is 54.6 Å². The van der Waals surface area contributed by atoms with Crippen LogP contribution in [-0.2, 0) is 11.3 Å². The first kappa shape index (κ1) is 18.4. The first-order valence-electron chi connectivity index (χ1n) is 8.16. The molecule has 0 bridgehead atoms. The standard InChI is InChI=1S/C20H23N3O2/c1-25-15-14-21-19-12-6-5-11-18(19)16-23-20(24)22-13-7-10-17-8-3-2-4-9-17/h2-6,8-9,11-12,21H,13-16H2,1H3,(H2,22,23,24). The van der Waals surface area contributed by atoms with Crippen molar-refractivity contribution < 1.29 is 9.53 Å². The monoisotopic (exact) mass is 337 g/mol. The second-order valence-electron chi connectivity index (χ2n) is 5.28. The average Bonchev–Trinajstić information content (AvgIpc) is 2.65. The third kappa shape index (κ3) is 6.98. The van der Waals surface area contributed by atoms with Crippen LogP contribution in [-0.4, -0.2) is 32.8 Å². The van der Waals surface area contributed by atoms with Gasteiger partial charge < -0.3 is 20.7 Å². The van der Waals surface area contributed by atoms with Crippen LogP contribution in [0.15, 0.2) is 54.6 Å². The zero-order chi connectivity index (χ0) is 17.7. The van der Waals surface area contributed by atoms with Gasteiger partial charge >= 0.3 is 6.03 Å². The van der Waals surface area contributed by atoms with Crippen molar-refractivity contribution >= 4 is 11.7 Å². The predicted molar refractivity (Wildman–Crippen MR) is 100 cm³/mol. The number of benzene rings is 2. The molecule has 0 radical (unpaired) electrons. The molecule has 0 aliphatic heterocycles. The lowest BCUT2D eigenvalue weighted by atomic mass is 10.2. The van der Waals surface area contributed by atoms with Gasteiger partial charge in [0.1, 0.15) is 0 Å². The third-order valence-electron chi connectivity index (χ3n) is 3.42. The summed E-state index contributed by atoms with van der Waals surface area (Å²) in [5, 5.41) is 8.86. The van der Waals surface area contributed by atoms with Gasteiger partial charge in [0.15, 0.2) is 0 Å². The predicted octanol–water partition coefficient (Wildman–Crippen LogP) is 2.60. The number of nitrogens with one attached hydrogen (secondary N) is 3. The molecule has 0 aliphatic carbocycles. The minimum Gasteiger partial charge on any atom is -0.383 e. The van der Waals surface area contributed by atoms with Gasteiger partial charge in [-0.2, -0.15) is 0 Å². The van der Waals surface area contributed by atoms with Crippen LogP contribution >= 0.6 is 0 Å². The Bertz CT molecular complexity index is 720. The Labute approximate surface area is 148 Å². The smallest absolute Gasteiger partial charge is 0.315 e. The molecule has 0 heterocycles. The number of amides is 2. The molecule has 0 fully saturated rings. The van der Waals surface area contributed by atoms with E-state index >= 15 is 0 Å². The van der Waals surface area contributed by atoms with Crippen LogP contribution in [0, 0.1) is 11.8 Å². The summed E-state index contributed by atoms with van der Waals surface area (Å²) in [6.45, 7) is 2.08. The second-order valence-corrected chi connectivity index (χ2v) is 5.28. The minimum atomic E-state index is -0.242. The number of hydrogen-bond donors (Lipinski definition) is 3. The number of carbonyl (C=O) groups excluding carboxylic acids is 1. The molecule has 2 aromatic carbocycles. The number of urea groups is 1. The van der Waals surface area contributed by atoms with E-state index in [0.717, 1.165) is 23.4 Å². The van der Waals surface area contributed by atoms with Crippen LogP contribution in [0.25, 0.3) is 0 Å². The highest BCUT2D eigenvalue weighted by molar-refractivity contribution is 5.74. The maximum Gasteiger partial charge on any atom is 0.315 e. The van der Waals surface area contributed by atoms with Crippen molar-refractivity contribution in [3.05, 3.63) is 65.7 Å². The molecule has 2 aromatic rings. The second kappa shape index (κ2) is 10.7. The van der Waals surface area contributed by atoms with E-state index in [2.05, 4.69) is 27.8 Å². The van der Waals surface area contributed by atoms with E-state index in [1.54, 1.807) is 7.11 Å². The van der Waals surface area contributed by atoms with Crippen molar-refractivity contribution in [1.29, 1.82) is 0 Å². The number of hydrogen-bond acceptors (Lipinski definition) is 3. The molecule has 0 saturated carbocycles. The molecule has 25 heavy (non-hydrogen) atoms. The first-order valence-corrected chi connectivity index (χ1v) is 8.16. The summed E-state index contributed by atoms with van der Waals surface area (Å²) < 4.78 is 5.03. The zero-order valence-electron chi connectivity index (χ0n) is 14.3. The fourth-order valence-corrected chi connectivity index (χ4v) is 2.16. The van der Waals surface area contributed by atoms with E-state index in [-0.39, 0.29) is 6.03 Å². The van der Waals surface area contributed by atoms with E-state index in [1.165, 1.54) is 0 Å². The van der Waals surface area contributed by atoms with Gasteiger partial charge in [0.2, 0.25) is 0 Å². The van der Waals surface area contributed by atoms with Gasteiger partial charge in [0.25, 0.3) is 0 Å². The lowest BCUT2D eigenvalue weighted by molar-refractivity contribution is 0.210. The van der Waals surface area contributed by atoms with E-state index in [0.29, 0.717) is 19.7 Å². The van der Waals surface area contributed by atoms with Crippen molar-refractivity contribution in [3.8, 4) is 11.8 Å². The van der Waals surface area contributed by atoms with Gasteiger partial charge in [-0.25, -0.2) is 4.79 Å². The van der Waals surface area contributed by atoms with Crippen molar-refractivity contribution in [2.24, 2.45) is 0 Å². The Kier molecular flexibility index (Phi) is 7.89. The lowest BCUT2D eigenvalue weighted by Gasteiger charge is -2.12. The molecule has 0 spiro atoms. The molecule has 3 N–H and O–H groups in total. The van der Waals surface area contributed by atoms with Crippen LogP contribution in [0.5, 0.6) is 0 Å². The SMILES string of the molecule is COCCNc1ccccc1CNC(=O)NCC#Cc1ccccc1. The van der Waals surface area contributed by atoms with Crippen molar-refractivity contribution in [2.45, 2.75) is 6.54 Å². The fraction of sp³-hybridized carbons (Fsp3) is 0.250. The van der Waals surface area contributed by atoms with E-state index in [9.17, 15) is 4.79 Å². The van der Waals surface area contributed by atoms with Crippen molar-refractivity contribution in [1.82, 2.24) is 10.6 Å². The summed E-state index contributed by atoms with van der Waals surface area (Å²) >= 11 is 0. The molecule has 0 unspecified atom stereocenters. The number of ether oxygens (including phenoxy) is 1. The largest absolute Gasteiger partial charge is 0.383 e. The highest BCUT2D eigenvalue weighted by Crippen LogP contribution is 2.14. The van der Waals surface area contributed by atoms with Gasteiger partial charge in [-0.1, -0.05) is 48.2 Å². The quantitative estimate of drug-likeness (QED) is 0.538. The first-order chi connectivity index (χ1) is 12.3. The summed E-state index contributed by atoms with van der Waals surface area (Å²) in [6.07, 6.45) is 0. The summed E-state index contributed by atoms with van der Waals surface area (Å²) in [5.74, 6) is 5.93. The Hall–Kier alpha value is -2.97. The molecule has 2 amide bonds. The van der Waals surface area contributed by atoms with Crippen molar-refractivity contribution in [3.63, 3.8) is 0 Å². The molecule has 0 aliphatic rings. The highest BCUT2D eigenvalue weighted by atomic mass is 16.5. The Morgan fingerprint density at radius 3 is 2.60 bits per heavy atom. The molecule has 2 rings (SSSR count). The summed E-state index contributed by atoms with van der Waals surface area (Å²) in [5.41, 5.74) is 2.94. The van der Waals surface area contributed by atoms with Crippen molar-refractivity contribution in [2.75, 3.05) is 32.1 Å². The molecular weight excluding hydrogens is 314 g/mol. The molecule has 0 atom stereocenters. The van der Waals surface area contributed by atoms with Gasteiger partial charge in [-0.15, -0.1) is 0 Å². The van der Waals surface area contributed by atoms with Gasteiger partial charge in [-0.3, -0.25) is 0 Å². The Morgan fingerprint density at radius 2 is 1.80 bits per heavy atom. The minimum absolute atomic E-state index is 0.242. The van der Waals surface area contributed by atoms with E-state index in [4.69, 9.17) is 4.74 Å². The summed E-state index contributed by atoms with van der Waals surface area (Å²) in [6, 6.07) is 17.3. The van der Waals surface area contributed by atoms with Crippen LogP contribution < -0.4 is 16.0 Å². The van der Waals surface area contributed by atoms with Crippen LogP contribution in [0.2, 0.25) is 0 Å². The maximum absolute atomic E-state index is 11.9. The number of anilines is 1. The molecule has 5 nitrogen and oxygen atoms in total. The van der Waals surface area contributed by atoms with Crippen LogP contribution in [0.4, 0.5) is 10.5 Å². The topological polar surface area (TPSA) is 62.4 Å². The number of rotatable bonds is 7. The molecule has 0 aromatic heterocycles. The molecule has 0 saturated heterocycles. The van der Waals surface area contributed by atoms with Crippen LogP contribution in [0.3, 0.4) is 0 Å². The summed E-state index contributed by atoms with van der Waals surface area (Å²) in [4.78, 5) is 11.9.